The molecule has 34 heavy (non-hydrogen) atoms. The normalized spacial score (nSPS) is 11.1. The van der Waals surface area contributed by atoms with E-state index in [1.54, 1.807) is 53.5 Å². The van der Waals surface area contributed by atoms with E-state index in [0.29, 0.717) is 45.9 Å². The van der Waals surface area contributed by atoms with Crippen LogP contribution in [0, 0.1) is 0 Å². The summed E-state index contributed by atoms with van der Waals surface area (Å²) >= 11 is 6.14. The molecule has 0 saturated heterocycles. The molecule has 0 saturated carbocycles. The van der Waals surface area contributed by atoms with Gasteiger partial charge in [-0.3, -0.25) is 14.3 Å². The van der Waals surface area contributed by atoms with Crippen LogP contribution in [-0.2, 0) is 6.61 Å². The topological polar surface area (TPSA) is 99.7 Å². The number of fused-ring (bicyclic) bond motifs is 1. The quantitative estimate of drug-likeness (QED) is 0.401. The zero-order chi connectivity index (χ0) is 24.2. The van der Waals surface area contributed by atoms with Crippen LogP contribution in [0.2, 0.25) is 5.02 Å². The SMILES string of the molecule is CCOc1ccc(C(=O)Nc2cc(Cl)ccc2OCc2cc(=O)n3c(ncn3C(C)C)n2)cc1. The maximum absolute atomic E-state index is 12.8. The lowest BCUT2D eigenvalue weighted by Gasteiger charge is -2.13. The van der Waals surface area contributed by atoms with Crippen LogP contribution in [0.15, 0.2) is 59.7 Å². The van der Waals surface area contributed by atoms with Crippen molar-refractivity contribution in [3.8, 4) is 11.5 Å². The third-order valence-electron chi connectivity index (χ3n) is 4.98. The number of anilines is 1. The molecule has 1 N–H and O–H groups in total. The van der Waals surface area contributed by atoms with E-state index in [0.717, 1.165) is 0 Å². The first-order valence-corrected chi connectivity index (χ1v) is 11.2. The molecular formula is C24H24ClN5O4. The predicted octanol–water partition coefficient (Wildman–Crippen LogP) is 4.36. The third kappa shape index (κ3) is 5.04. The van der Waals surface area contributed by atoms with Gasteiger partial charge in [-0.25, -0.2) is 4.98 Å². The van der Waals surface area contributed by atoms with Crippen molar-refractivity contribution < 1.29 is 14.3 Å². The molecule has 0 spiro atoms. The van der Waals surface area contributed by atoms with E-state index >= 15 is 0 Å². The number of aromatic nitrogens is 4. The number of benzene rings is 2. The minimum absolute atomic E-state index is 0.00777. The van der Waals surface area contributed by atoms with Crippen molar-refractivity contribution >= 4 is 29.0 Å². The summed E-state index contributed by atoms with van der Waals surface area (Å²) in [4.78, 5) is 34.0. The van der Waals surface area contributed by atoms with Gasteiger partial charge in [-0.2, -0.15) is 9.50 Å². The van der Waals surface area contributed by atoms with Gasteiger partial charge in [0.05, 0.1) is 18.0 Å². The Bertz CT molecular complexity index is 1380. The largest absolute Gasteiger partial charge is 0.494 e. The van der Waals surface area contributed by atoms with Gasteiger partial charge in [-0.15, -0.1) is 0 Å². The summed E-state index contributed by atoms with van der Waals surface area (Å²) in [7, 11) is 0. The first kappa shape index (κ1) is 23.3. The minimum atomic E-state index is -0.327. The van der Waals surface area contributed by atoms with Gasteiger partial charge in [0, 0.05) is 22.7 Å². The summed E-state index contributed by atoms with van der Waals surface area (Å²) in [6.45, 7) is 6.35. The molecule has 10 heteroatoms. The van der Waals surface area contributed by atoms with E-state index in [1.807, 2.05) is 20.8 Å². The second kappa shape index (κ2) is 9.96. The molecule has 1 amide bonds. The van der Waals surface area contributed by atoms with E-state index in [4.69, 9.17) is 21.1 Å². The Hall–Kier alpha value is -3.85. The molecule has 0 bridgehead atoms. The summed E-state index contributed by atoms with van der Waals surface area (Å²) < 4.78 is 14.4. The fraction of sp³-hybridized carbons (Fsp3) is 0.250. The second-order valence-corrected chi connectivity index (χ2v) is 8.19. The number of hydrogen-bond donors (Lipinski definition) is 1. The molecule has 0 aliphatic carbocycles. The van der Waals surface area contributed by atoms with Crippen molar-refractivity contribution in [2.75, 3.05) is 11.9 Å². The molecule has 0 fully saturated rings. The average Bonchev–Trinajstić information content (AvgIpc) is 3.24. The molecule has 2 aromatic carbocycles. The molecule has 4 aromatic rings. The number of rotatable bonds is 8. The summed E-state index contributed by atoms with van der Waals surface area (Å²) in [5.41, 5.74) is 1.01. The molecule has 9 nitrogen and oxygen atoms in total. The molecule has 0 aliphatic rings. The van der Waals surface area contributed by atoms with Crippen LogP contribution in [0.4, 0.5) is 5.69 Å². The fourth-order valence-corrected chi connectivity index (χ4v) is 3.52. The number of carbonyl (C=O) groups excluding carboxylic acids is 1. The second-order valence-electron chi connectivity index (χ2n) is 7.76. The number of carbonyl (C=O) groups is 1. The van der Waals surface area contributed by atoms with Gasteiger partial charge in [0.2, 0.25) is 0 Å². The van der Waals surface area contributed by atoms with Crippen molar-refractivity contribution in [1.82, 2.24) is 19.2 Å². The maximum atomic E-state index is 12.8. The standard InChI is InChI=1S/C24H24ClN5O4/c1-4-33-19-8-5-16(6-9-19)23(32)28-20-11-17(25)7-10-21(20)34-13-18-12-22(31)30-24(27-18)26-14-29(30)15(2)3/h5-12,14-15H,4,13H2,1-3H3,(H,28,32). The summed E-state index contributed by atoms with van der Waals surface area (Å²) in [6, 6.07) is 13.2. The highest BCUT2D eigenvalue weighted by molar-refractivity contribution is 6.31. The third-order valence-corrected chi connectivity index (χ3v) is 5.21. The van der Waals surface area contributed by atoms with Gasteiger partial charge >= 0.3 is 0 Å². The van der Waals surface area contributed by atoms with Crippen LogP contribution in [0.25, 0.3) is 5.78 Å². The smallest absolute Gasteiger partial charge is 0.274 e. The first-order valence-electron chi connectivity index (χ1n) is 10.8. The number of halogens is 1. The molecule has 0 radical (unpaired) electrons. The molecule has 0 unspecified atom stereocenters. The number of ether oxygens (including phenoxy) is 2. The first-order chi connectivity index (χ1) is 16.4. The number of amides is 1. The van der Waals surface area contributed by atoms with Crippen LogP contribution < -0.4 is 20.3 Å². The Morgan fingerprint density at radius 3 is 2.59 bits per heavy atom. The lowest BCUT2D eigenvalue weighted by molar-refractivity contribution is 0.102. The molecule has 0 atom stereocenters. The fourth-order valence-electron chi connectivity index (χ4n) is 3.35. The number of nitrogens with one attached hydrogen (secondary N) is 1. The van der Waals surface area contributed by atoms with Crippen molar-refractivity contribution in [3.05, 3.63) is 81.5 Å². The predicted molar refractivity (Wildman–Crippen MR) is 129 cm³/mol. The van der Waals surface area contributed by atoms with Gasteiger partial charge in [0.15, 0.2) is 0 Å². The lowest BCUT2D eigenvalue weighted by Crippen LogP contribution is -2.23. The summed E-state index contributed by atoms with van der Waals surface area (Å²) in [5.74, 6) is 1.04. The van der Waals surface area contributed by atoms with Gasteiger partial charge < -0.3 is 14.8 Å². The van der Waals surface area contributed by atoms with Crippen LogP contribution in [0.3, 0.4) is 0 Å². The molecule has 2 aromatic heterocycles. The van der Waals surface area contributed by atoms with Crippen molar-refractivity contribution in [3.63, 3.8) is 0 Å². The van der Waals surface area contributed by atoms with Crippen LogP contribution in [0.5, 0.6) is 11.5 Å². The highest BCUT2D eigenvalue weighted by atomic mass is 35.5. The molecule has 176 valence electrons. The highest BCUT2D eigenvalue weighted by Gasteiger charge is 2.14. The lowest BCUT2D eigenvalue weighted by atomic mass is 10.2. The number of nitrogens with zero attached hydrogens (tertiary/aromatic N) is 4. The molecular weight excluding hydrogens is 458 g/mol. The summed E-state index contributed by atoms with van der Waals surface area (Å²) in [6.07, 6.45) is 1.58. The van der Waals surface area contributed by atoms with Crippen LogP contribution in [-0.4, -0.2) is 31.7 Å². The molecule has 2 heterocycles. The minimum Gasteiger partial charge on any atom is -0.494 e. The van der Waals surface area contributed by atoms with Gasteiger partial charge in [0.25, 0.3) is 17.2 Å². The molecule has 4 rings (SSSR count). The highest BCUT2D eigenvalue weighted by Crippen LogP contribution is 2.29. The van der Waals surface area contributed by atoms with Crippen LogP contribution in [0.1, 0.15) is 42.9 Å². The monoisotopic (exact) mass is 481 g/mol. The average molecular weight is 482 g/mol. The Kier molecular flexibility index (Phi) is 6.83. The van der Waals surface area contributed by atoms with Gasteiger partial charge in [0.1, 0.15) is 24.4 Å². The van der Waals surface area contributed by atoms with E-state index in [9.17, 15) is 9.59 Å². The van der Waals surface area contributed by atoms with E-state index in [-0.39, 0.29) is 24.1 Å². The van der Waals surface area contributed by atoms with Crippen molar-refractivity contribution in [1.29, 1.82) is 0 Å². The zero-order valence-corrected chi connectivity index (χ0v) is 19.7. The van der Waals surface area contributed by atoms with Crippen molar-refractivity contribution in [2.24, 2.45) is 0 Å². The Labute approximate surface area is 200 Å². The van der Waals surface area contributed by atoms with E-state index in [1.165, 1.54) is 10.6 Å². The Morgan fingerprint density at radius 2 is 1.88 bits per heavy atom. The maximum Gasteiger partial charge on any atom is 0.274 e. The zero-order valence-electron chi connectivity index (χ0n) is 19.0. The Morgan fingerprint density at radius 1 is 1.12 bits per heavy atom. The van der Waals surface area contributed by atoms with Gasteiger partial charge in [-0.05, 0) is 63.2 Å². The van der Waals surface area contributed by atoms with E-state index < -0.39 is 0 Å². The number of hydrogen-bond acceptors (Lipinski definition) is 6. The Balaban J connectivity index is 1.52. The van der Waals surface area contributed by atoms with Crippen LogP contribution >= 0.6 is 11.6 Å². The van der Waals surface area contributed by atoms with E-state index in [2.05, 4.69) is 15.3 Å². The van der Waals surface area contributed by atoms with Gasteiger partial charge in [-0.1, -0.05) is 11.6 Å². The van der Waals surface area contributed by atoms with Crippen molar-refractivity contribution in [2.45, 2.75) is 33.4 Å². The molecule has 0 aliphatic heterocycles. The summed E-state index contributed by atoms with van der Waals surface area (Å²) in [5, 5.41) is 3.26.